The lowest BCUT2D eigenvalue weighted by Crippen LogP contribution is -2.42. The number of nitrogens with one attached hydrogen (secondary N) is 1. The van der Waals surface area contributed by atoms with E-state index in [1.807, 2.05) is 6.07 Å². The average molecular weight is 348 g/mol. The van der Waals surface area contributed by atoms with Gasteiger partial charge in [-0.05, 0) is 32.9 Å². The Bertz CT molecular complexity index is 639. The Morgan fingerprint density at radius 3 is 2.36 bits per heavy atom. The number of amides is 2. The standard InChI is InChI=1S/C18H24N2O5/c1-18(2,3)25-17(23)19-13-10-14(16(22)24-4)20(11-13)15(21)12-8-6-5-7-9-12/h5-9,13-14H,10-11H2,1-4H3,(H,19,23)/t13-,14-/m0/s1. The average Bonchev–Trinajstić information content (AvgIpc) is 2.96. The van der Waals surface area contributed by atoms with Crippen LogP contribution in [-0.4, -0.2) is 54.2 Å². The zero-order valence-electron chi connectivity index (χ0n) is 14.9. The number of benzene rings is 1. The Balaban J connectivity index is 2.11. The minimum atomic E-state index is -0.738. The number of hydrogen-bond acceptors (Lipinski definition) is 5. The molecule has 0 aliphatic carbocycles. The maximum absolute atomic E-state index is 12.7. The molecular formula is C18H24N2O5. The molecular weight excluding hydrogens is 324 g/mol. The van der Waals surface area contributed by atoms with Crippen LogP contribution in [0.25, 0.3) is 0 Å². The summed E-state index contributed by atoms with van der Waals surface area (Å²) in [6, 6.07) is 7.58. The van der Waals surface area contributed by atoms with Gasteiger partial charge in [0.1, 0.15) is 11.6 Å². The summed E-state index contributed by atoms with van der Waals surface area (Å²) < 4.78 is 10.0. The van der Waals surface area contributed by atoms with Crippen molar-refractivity contribution in [3.05, 3.63) is 35.9 Å². The van der Waals surface area contributed by atoms with Gasteiger partial charge in [0, 0.05) is 18.5 Å². The minimum absolute atomic E-state index is 0.215. The van der Waals surface area contributed by atoms with Crippen LogP contribution >= 0.6 is 0 Å². The van der Waals surface area contributed by atoms with Crippen molar-refractivity contribution in [3.8, 4) is 0 Å². The van der Waals surface area contributed by atoms with Gasteiger partial charge in [-0.3, -0.25) is 4.79 Å². The van der Waals surface area contributed by atoms with Crippen LogP contribution in [0.15, 0.2) is 30.3 Å². The van der Waals surface area contributed by atoms with Crippen LogP contribution in [-0.2, 0) is 14.3 Å². The molecule has 2 atom stereocenters. The first kappa shape index (κ1) is 18.8. The first-order valence-electron chi connectivity index (χ1n) is 8.14. The molecule has 0 bridgehead atoms. The van der Waals surface area contributed by atoms with E-state index in [1.54, 1.807) is 45.0 Å². The van der Waals surface area contributed by atoms with Crippen molar-refractivity contribution in [2.45, 2.75) is 44.9 Å². The van der Waals surface area contributed by atoms with Crippen molar-refractivity contribution in [2.24, 2.45) is 0 Å². The van der Waals surface area contributed by atoms with Crippen molar-refractivity contribution < 1.29 is 23.9 Å². The quantitative estimate of drug-likeness (QED) is 0.844. The summed E-state index contributed by atoms with van der Waals surface area (Å²) in [5, 5.41) is 2.72. The number of alkyl carbamates (subject to hydrolysis) is 1. The second-order valence-electron chi connectivity index (χ2n) is 6.94. The van der Waals surface area contributed by atoms with Gasteiger partial charge < -0.3 is 19.7 Å². The lowest BCUT2D eigenvalue weighted by atomic mass is 10.1. The zero-order valence-corrected chi connectivity index (χ0v) is 14.9. The summed E-state index contributed by atoms with van der Waals surface area (Å²) in [5.74, 6) is -0.776. The Hall–Kier alpha value is -2.57. The molecule has 7 heteroatoms. The second-order valence-corrected chi connectivity index (χ2v) is 6.94. The number of ether oxygens (including phenoxy) is 2. The fourth-order valence-corrected chi connectivity index (χ4v) is 2.75. The SMILES string of the molecule is COC(=O)[C@@H]1C[C@H](NC(=O)OC(C)(C)C)CN1C(=O)c1ccccc1. The summed E-state index contributed by atoms with van der Waals surface area (Å²) in [5.41, 5.74) is -0.140. The monoisotopic (exact) mass is 348 g/mol. The van der Waals surface area contributed by atoms with Crippen LogP contribution in [0.3, 0.4) is 0 Å². The molecule has 1 aliphatic heterocycles. The van der Waals surface area contributed by atoms with Crippen LogP contribution < -0.4 is 5.32 Å². The number of methoxy groups -OCH3 is 1. The normalized spacial score (nSPS) is 20.1. The van der Waals surface area contributed by atoms with E-state index in [0.29, 0.717) is 5.56 Å². The third-order valence-electron chi connectivity index (χ3n) is 3.78. The van der Waals surface area contributed by atoms with Crippen molar-refractivity contribution in [3.63, 3.8) is 0 Å². The van der Waals surface area contributed by atoms with E-state index in [2.05, 4.69) is 5.32 Å². The first-order chi connectivity index (χ1) is 11.7. The maximum Gasteiger partial charge on any atom is 0.407 e. The van der Waals surface area contributed by atoms with Crippen LogP contribution in [0, 0.1) is 0 Å². The highest BCUT2D eigenvalue weighted by molar-refractivity contribution is 5.97. The summed E-state index contributed by atoms with van der Waals surface area (Å²) in [6.45, 7) is 5.52. The smallest absolute Gasteiger partial charge is 0.407 e. The van der Waals surface area contributed by atoms with Gasteiger partial charge in [0.25, 0.3) is 5.91 Å². The van der Waals surface area contributed by atoms with Gasteiger partial charge in [-0.1, -0.05) is 18.2 Å². The minimum Gasteiger partial charge on any atom is -0.467 e. The summed E-state index contributed by atoms with van der Waals surface area (Å²) >= 11 is 0. The highest BCUT2D eigenvalue weighted by Crippen LogP contribution is 2.22. The van der Waals surface area contributed by atoms with Gasteiger partial charge in [0.2, 0.25) is 0 Å². The van der Waals surface area contributed by atoms with Gasteiger partial charge in [-0.25, -0.2) is 9.59 Å². The molecule has 0 aromatic heterocycles. The molecule has 0 unspecified atom stereocenters. The third-order valence-corrected chi connectivity index (χ3v) is 3.78. The molecule has 1 saturated heterocycles. The van der Waals surface area contributed by atoms with Gasteiger partial charge in [0.05, 0.1) is 13.2 Å². The molecule has 7 nitrogen and oxygen atoms in total. The van der Waals surface area contributed by atoms with E-state index in [4.69, 9.17) is 9.47 Å². The fraction of sp³-hybridized carbons (Fsp3) is 0.500. The zero-order chi connectivity index (χ0) is 18.6. The molecule has 1 aromatic rings. The van der Waals surface area contributed by atoms with E-state index in [9.17, 15) is 14.4 Å². The number of likely N-dealkylation sites (tertiary alicyclic amines) is 1. The molecule has 0 radical (unpaired) electrons. The van der Waals surface area contributed by atoms with Crippen molar-refractivity contribution in [2.75, 3.05) is 13.7 Å². The molecule has 1 aliphatic rings. The van der Waals surface area contributed by atoms with E-state index >= 15 is 0 Å². The van der Waals surface area contributed by atoms with E-state index in [-0.39, 0.29) is 24.9 Å². The van der Waals surface area contributed by atoms with Gasteiger partial charge >= 0.3 is 12.1 Å². The molecule has 1 heterocycles. The molecule has 0 spiro atoms. The molecule has 0 saturated carbocycles. The Morgan fingerprint density at radius 2 is 1.80 bits per heavy atom. The predicted molar refractivity (Wildman–Crippen MR) is 91.1 cm³/mol. The highest BCUT2D eigenvalue weighted by Gasteiger charge is 2.41. The van der Waals surface area contributed by atoms with Gasteiger partial charge in [0.15, 0.2) is 0 Å². The van der Waals surface area contributed by atoms with Gasteiger partial charge in [-0.15, -0.1) is 0 Å². The summed E-state index contributed by atoms with van der Waals surface area (Å²) in [6.07, 6.45) is -0.292. The third kappa shape index (κ3) is 4.95. The molecule has 1 N–H and O–H groups in total. The highest BCUT2D eigenvalue weighted by atomic mass is 16.6. The Morgan fingerprint density at radius 1 is 1.16 bits per heavy atom. The molecule has 1 aromatic carbocycles. The Labute approximate surface area is 147 Å². The van der Waals surface area contributed by atoms with Crippen molar-refractivity contribution in [1.29, 1.82) is 0 Å². The lowest BCUT2D eigenvalue weighted by molar-refractivity contribution is -0.145. The van der Waals surface area contributed by atoms with E-state index < -0.39 is 23.7 Å². The van der Waals surface area contributed by atoms with Gasteiger partial charge in [-0.2, -0.15) is 0 Å². The van der Waals surface area contributed by atoms with Crippen LogP contribution in [0.5, 0.6) is 0 Å². The number of esters is 1. The number of nitrogens with zero attached hydrogens (tertiary/aromatic N) is 1. The van der Waals surface area contributed by atoms with Crippen molar-refractivity contribution in [1.82, 2.24) is 10.2 Å². The second kappa shape index (κ2) is 7.55. The van der Waals surface area contributed by atoms with Crippen LogP contribution in [0.2, 0.25) is 0 Å². The number of carbonyl (C=O) groups excluding carboxylic acids is 3. The van der Waals surface area contributed by atoms with Crippen molar-refractivity contribution >= 4 is 18.0 Å². The molecule has 136 valence electrons. The Kier molecular flexibility index (Phi) is 5.66. The topological polar surface area (TPSA) is 84.9 Å². The predicted octanol–water partition coefficient (Wildman–Crippen LogP) is 1.97. The van der Waals surface area contributed by atoms with Crippen LogP contribution in [0.4, 0.5) is 4.79 Å². The maximum atomic E-state index is 12.7. The molecule has 1 fully saturated rings. The fourth-order valence-electron chi connectivity index (χ4n) is 2.75. The summed E-state index contributed by atoms with van der Waals surface area (Å²) in [4.78, 5) is 38.2. The first-order valence-corrected chi connectivity index (χ1v) is 8.14. The van der Waals surface area contributed by atoms with E-state index in [1.165, 1.54) is 12.0 Å². The largest absolute Gasteiger partial charge is 0.467 e. The molecule has 2 rings (SSSR count). The number of carbonyl (C=O) groups is 3. The molecule has 25 heavy (non-hydrogen) atoms. The van der Waals surface area contributed by atoms with E-state index in [0.717, 1.165) is 0 Å². The molecule has 2 amide bonds. The van der Waals surface area contributed by atoms with Crippen LogP contribution in [0.1, 0.15) is 37.6 Å². The lowest BCUT2D eigenvalue weighted by Gasteiger charge is -2.23. The number of hydrogen-bond donors (Lipinski definition) is 1. The summed E-state index contributed by atoms with van der Waals surface area (Å²) in [7, 11) is 1.28. The number of rotatable bonds is 3.